The Labute approximate surface area is 288 Å². The summed E-state index contributed by atoms with van der Waals surface area (Å²) in [6.07, 6.45) is 11.8. The lowest BCUT2D eigenvalue weighted by Crippen LogP contribution is -2.34. The summed E-state index contributed by atoms with van der Waals surface area (Å²) in [4.78, 5) is 12.8. The molecule has 1 atom stereocenters. The number of carbonyl (C=O) groups is 1. The molecular formula is C35H45N7O4S2. The molecule has 2 N–H and O–H groups in total. The summed E-state index contributed by atoms with van der Waals surface area (Å²) in [5.41, 5.74) is 6.05. The first-order chi connectivity index (χ1) is 23.3. The van der Waals surface area contributed by atoms with E-state index in [2.05, 4.69) is 45.8 Å². The Hall–Kier alpha value is -4.10. The van der Waals surface area contributed by atoms with Crippen LogP contribution in [0.1, 0.15) is 89.2 Å². The van der Waals surface area contributed by atoms with E-state index < -0.39 is 9.84 Å². The van der Waals surface area contributed by atoms with Crippen molar-refractivity contribution in [3.05, 3.63) is 78.4 Å². The van der Waals surface area contributed by atoms with Crippen LogP contribution in [0.2, 0.25) is 0 Å². The van der Waals surface area contributed by atoms with Gasteiger partial charge in [0.05, 0.1) is 34.5 Å². The Morgan fingerprint density at radius 3 is 2.29 bits per heavy atom. The first-order valence-electron chi connectivity index (χ1n) is 16.8. The summed E-state index contributed by atoms with van der Waals surface area (Å²) in [6.45, 7) is 2.45. The fraction of sp³-hybridized carbons (Fsp3) is 0.429. The molecule has 1 aromatic heterocycles. The molecule has 1 aliphatic rings. The SMILES string of the molecule is CCCCCCCCCCCCS(=O)(=O)c1cccc(N2NC(=O)CC2c2ccc(NCOc3cccc(-n4nnnc4S)c3)cc2)c1. The van der Waals surface area contributed by atoms with Gasteiger partial charge in [-0.25, -0.2) is 8.42 Å². The summed E-state index contributed by atoms with van der Waals surface area (Å²) in [7, 11) is -3.44. The third-order valence-corrected chi connectivity index (χ3v) is 10.6. The maximum Gasteiger partial charge on any atom is 0.241 e. The van der Waals surface area contributed by atoms with Crippen LogP contribution in [0.5, 0.6) is 5.75 Å². The number of sulfone groups is 1. The van der Waals surface area contributed by atoms with Gasteiger partial charge in [-0.05, 0) is 64.9 Å². The summed E-state index contributed by atoms with van der Waals surface area (Å²) >= 11 is 4.25. The monoisotopic (exact) mass is 691 g/mol. The molecule has 13 heteroatoms. The first kappa shape index (κ1) is 35.2. The van der Waals surface area contributed by atoms with Gasteiger partial charge in [0.2, 0.25) is 11.1 Å². The molecule has 1 saturated heterocycles. The standard InChI is InChI=1S/C35H45N7O4S2/c1-2-3-4-5-6-7-8-9-10-11-22-48(44,45)32-17-13-15-30(24-32)41-33(25-34(43)38-41)27-18-20-28(21-19-27)36-26-46-31-16-12-14-29(23-31)42-35(47)37-39-40-42/h12-21,23-24,33,36H,2-11,22,25-26H2,1H3,(H,38,43)(H,37,40,47). The molecule has 1 unspecified atom stereocenters. The van der Waals surface area contributed by atoms with Crippen molar-refractivity contribution in [2.45, 2.75) is 93.6 Å². The predicted molar refractivity (Wildman–Crippen MR) is 190 cm³/mol. The van der Waals surface area contributed by atoms with Gasteiger partial charge in [-0.1, -0.05) is 89.0 Å². The van der Waals surface area contributed by atoms with Gasteiger partial charge in [0.1, 0.15) is 5.75 Å². The molecule has 0 radical (unpaired) electrons. The largest absolute Gasteiger partial charge is 0.473 e. The van der Waals surface area contributed by atoms with Crippen LogP contribution < -0.4 is 20.5 Å². The Bertz CT molecular complexity index is 1730. The highest BCUT2D eigenvalue weighted by Gasteiger charge is 2.32. The third-order valence-electron chi connectivity index (χ3n) is 8.48. The molecule has 11 nitrogen and oxygen atoms in total. The maximum absolute atomic E-state index is 13.2. The average Bonchev–Trinajstić information content (AvgIpc) is 3.71. The third kappa shape index (κ3) is 9.72. The van der Waals surface area contributed by atoms with Crippen molar-refractivity contribution in [1.29, 1.82) is 0 Å². The minimum Gasteiger partial charge on any atom is -0.473 e. The van der Waals surface area contributed by atoms with Crippen molar-refractivity contribution in [2.24, 2.45) is 0 Å². The van der Waals surface area contributed by atoms with Crippen molar-refractivity contribution in [3.8, 4) is 11.4 Å². The van der Waals surface area contributed by atoms with Crippen LogP contribution in [0, 0.1) is 0 Å². The summed E-state index contributed by atoms with van der Waals surface area (Å²) < 4.78 is 33.8. The van der Waals surface area contributed by atoms with Gasteiger partial charge in [0.15, 0.2) is 16.6 Å². The van der Waals surface area contributed by atoms with E-state index in [4.69, 9.17) is 4.74 Å². The van der Waals surface area contributed by atoms with E-state index in [1.807, 2.05) is 54.6 Å². The van der Waals surface area contributed by atoms with E-state index in [9.17, 15) is 13.2 Å². The molecule has 0 spiro atoms. The van der Waals surface area contributed by atoms with Crippen molar-refractivity contribution >= 4 is 39.7 Å². The van der Waals surface area contributed by atoms with Crippen molar-refractivity contribution in [3.63, 3.8) is 0 Å². The number of thiol groups is 1. The summed E-state index contributed by atoms with van der Waals surface area (Å²) in [5.74, 6) is 0.643. The minimum atomic E-state index is -3.44. The molecule has 0 bridgehead atoms. The Balaban J connectivity index is 1.13. The zero-order chi connectivity index (χ0) is 33.8. The Kier molecular flexibility index (Phi) is 12.7. The van der Waals surface area contributed by atoms with E-state index in [1.165, 1.54) is 49.6 Å². The van der Waals surface area contributed by atoms with Crippen LogP contribution in [0.15, 0.2) is 82.8 Å². The Morgan fingerprint density at radius 1 is 0.896 bits per heavy atom. The van der Waals surface area contributed by atoms with Gasteiger partial charge >= 0.3 is 0 Å². The second kappa shape index (κ2) is 17.3. The van der Waals surface area contributed by atoms with Gasteiger partial charge < -0.3 is 10.1 Å². The number of nitrogens with zero attached hydrogens (tertiary/aromatic N) is 5. The molecule has 1 aliphatic heterocycles. The molecule has 5 rings (SSSR count). The van der Waals surface area contributed by atoms with E-state index >= 15 is 0 Å². The number of anilines is 2. The molecule has 0 aliphatic carbocycles. The van der Waals surface area contributed by atoms with Crippen LogP contribution in [0.4, 0.5) is 11.4 Å². The highest BCUT2D eigenvalue weighted by atomic mass is 32.2. The number of nitrogens with one attached hydrogen (secondary N) is 2. The molecule has 4 aromatic rings. The van der Waals surface area contributed by atoms with Crippen LogP contribution in [0.25, 0.3) is 5.69 Å². The maximum atomic E-state index is 13.2. The molecule has 48 heavy (non-hydrogen) atoms. The van der Waals surface area contributed by atoms with Gasteiger partial charge in [0.25, 0.3) is 0 Å². The smallest absolute Gasteiger partial charge is 0.241 e. The molecular weight excluding hydrogens is 647 g/mol. The number of hydrogen-bond acceptors (Lipinski definition) is 10. The van der Waals surface area contributed by atoms with Crippen LogP contribution in [0.3, 0.4) is 0 Å². The number of carbonyl (C=O) groups excluding carboxylic acids is 1. The zero-order valence-corrected chi connectivity index (χ0v) is 29.1. The van der Waals surface area contributed by atoms with E-state index in [1.54, 1.807) is 23.2 Å². The quantitative estimate of drug-likeness (QED) is 0.0537. The lowest BCUT2D eigenvalue weighted by Gasteiger charge is -2.26. The summed E-state index contributed by atoms with van der Waals surface area (Å²) in [5, 5.41) is 16.7. The number of tetrazole rings is 1. The molecule has 0 saturated carbocycles. The number of unbranched alkanes of at least 4 members (excludes halogenated alkanes) is 9. The highest BCUT2D eigenvalue weighted by Crippen LogP contribution is 2.34. The average molecular weight is 692 g/mol. The van der Waals surface area contributed by atoms with E-state index in [-0.39, 0.29) is 35.7 Å². The minimum absolute atomic E-state index is 0.122. The van der Waals surface area contributed by atoms with Gasteiger partial charge in [-0.15, -0.1) is 17.7 Å². The number of hydrogen-bond donors (Lipinski definition) is 3. The normalized spacial score (nSPS) is 14.7. The Morgan fingerprint density at radius 2 is 1.58 bits per heavy atom. The van der Waals surface area contributed by atoms with Gasteiger partial charge in [-0.2, -0.15) is 4.68 Å². The number of hydrazine groups is 1. The molecule has 3 aromatic carbocycles. The number of ether oxygens (including phenoxy) is 1. The molecule has 256 valence electrons. The van der Waals surface area contributed by atoms with Crippen LogP contribution >= 0.6 is 12.6 Å². The van der Waals surface area contributed by atoms with E-state index in [0.717, 1.165) is 29.8 Å². The van der Waals surface area contributed by atoms with Crippen molar-refractivity contribution in [2.75, 3.05) is 22.8 Å². The van der Waals surface area contributed by atoms with Gasteiger partial charge in [-0.3, -0.25) is 15.2 Å². The van der Waals surface area contributed by atoms with Crippen LogP contribution in [-0.4, -0.2) is 47.0 Å². The fourth-order valence-corrected chi connectivity index (χ4v) is 7.44. The molecule has 1 fully saturated rings. The highest BCUT2D eigenvalue weighted by molar-refractivity contribution is 7.91. The summed E-state index contributed by atoms with van der Waals surface area (Å²) in [6, 6.07) is 21.7. The molecule has 1 amide bonds. The molecule has 2 heterocycles. The lowest BCUT2D eigenvalue weighted by molar-refractivity contribution is -0.119. The number of rotatable bonds is 19. The van der Waals surface area contributed by atoms with Gasteiger partial charge in [0, 0.05) is 11.8 Å². The fourth-order valence-electron chi connectivity index (χ4n) is 5.84. The van der Waals surface area contributed by atoms with Crippen molar-refractivity contribution in [1.82, 2.24) is 25.6 Å². The van der Waals surface area contributed by atoms with Crippen molar-refractivity contribution < 1.29 is 17.9 Å². The predicted octanol–water partition coefficient (Wildman–Crippen LogP) is 7.08. The number of benzene rings is 3. The first-order valence-corrected chi connectivity index (χ1v) is 18.9. The second-order valence-corrected chi connectivity index (χ2v) is 14.6. The topological polar surface area (TPSA) is 131 Å². The van der Waals surface area contributed by atoms with E-state index in [0.29, 0.717) is 23.0 Å². The van der Waals surface area contributed by atoms with Crippen LogP contribution in [-0.2, 0) is 14.6 Å². The number of aromatic nitrogens is 4. The second-order valence-electron chi connectivity index (χ2n) is 12.1. The zero-order valence-electron chi connectivity index (χ0n) is 27.4. The lowest BCUT2D eigenvalue weighted by atomic mass is 10.0. The number of amides is 1.